The van der Waals surface area contributed by atoms with Gasteiger partial charge in [0.05, 0.1) is 20.3 Å². The summed E-state index contributed by atoms with van der Waals surface area (Å²) in [4.78, 5) is 15.3. The zero-order valence-electron chi connectivity index (χ0n) is 15.7. The fourth-order valence-corrected chi connectivity index (χ4v) is 2.61. The molecule has 0 saturated carbocycles. The van der Waals surface area contributed by atoms with Crippen LogP contribution in [-0.4, -0.2) is 45.8 Å². The van der Waals surface area contributed by atoms with Crippen LogP contribution < -0.4 is 20.1 Å². The molecule has 7 nitrogen and oxygen atoms in total. The lowest BCUT2D eigenvalue weighted by Crippen LogP contribution is -2.31. The van der Waals surface area contributed by atoms with Crippen LogP contribution in [0.2, 0.25) is 0 Å². The second kappa shape index (κ2) is 11.2. The summed E-state index contributed by atoms with van der Waals surface area (Å²) in [7, 11) is 3.17. The first kappa shape index (κ1) is 19.9. The Kier molecular flexibility index (Phi) is 8.59. The molecule has 2 rings (SSSR count). The highest BCUT2D eigenvalue weighted by atomic mass is 16.5. The molecule has 0 bridgehead atoms. The molecule has 1 heterocycles. The van der Waals surface area contributed by atoms with Gasteiger partial charge in [-0.15, -0.1) is 0 Å². The minimum atomic E-state index is -0.136. The van der Waals surface area contributed by atoms with Crippen LogP contribution in [0.25, 0.3) is 0 Å². The summed E-state index contributed by atoms with van der Waals surface area (Å²) in [6, 6.07) is 5.80. The number of carbonyl (C=O) groups is 1. The number of hydrogen-bond donors (Lipinski definition) is 2. The number of esters is 1. The molecule has 0 fully saturated rings. The predicted octanol–water partition coefficient (Wildman–Crippen LogP) is 2.96. The molecule has 26 heavy (non-hydrogen) atoms. The van der Waals surface area contributed by atoms with Crippen molar-refractivity contribution in [1.82, 2.24) is 5.32 Å². The maximum atomic E-state index is 11.0. The molecule has 0 spiro atoms. The lowest BCUT2D eigenvalue weighted by molar-refractivity contribution is -0.140. The summed E-state index contributed by atoms with van der Waals surface area (Å²) in [5.41, 5.74) is 0.903. The van der Waals surface area contributed by atoms with Crippen LogP contribution in [0.5, 0.6) is 11.5 Å². The summed E-state index contributed by atoms with van der Waals surface area (Å²) in [6.07, 6.45) is 5.35. The number of rotatable bonds is 8. The predicted molar refractivity (Wildman–Crippen MR) is 102 cm³/mol. The van der Waals surface area contributed by atoms with Crippen LogP contribution in [0.15, 0.2) is 23.2 Å². The third kappa shape index (κ3) is 6.82. The Labute approximate surface area is 155 Å². The fourth-order valence-electron chi connectivity index (χ4n) is 2.61. The van der Waals surface area contributed by atoms with E-state index in [2.05, 4.69) is 20.4 Å². The number of guanidine groups is 1. The topological polar surface area (TPSA) is 81.2 Å². The van der Waals surface area contributed by atoms with Crippen molar-refractivity contribution in [2.24, 2.45) is 4.99 Å². The standard InChI is InChI=1S/C19H29N3O4/c1-20-19(21-11-6-4-3-5-8-18(23)24-2)22-15-9-10-16-17(14-15)26-13-7-12-25-16/h9-10,14H,3-8,11-13H2,1-2H3,(H2,20,21,22). The van der Waals surface area contributed by atoms with Gasteiger partial charge in [-0.3, -0.25) is 9.79 Å². The van der Waals surface area contributed by atoms with E-state index in [0.29, 0.717) is 25.6 Å². The number of fused-ring (bicyclic) bond motifs is 1. The van der Waals surface area contributed by atoms with Gasteiger partial charge in [0.1, 0.15) is 0 Å². The molecule has 2 N–H and O–H groups in total. The highest BCUT2D eigenvalue weighted by Gasteiger charge is 2.11. The lowest BCUT2D eigenvalue weighted by Gasteiger charge is -2.14. The second-order valence-corrected chi connectivity index (χ2v) is 6.08. The molecular weight excluding hydrogens is 334 g/mol. The molecule has 1 aliphatic heterocycles. The van der Waals surface area contributed by atoms with Gasteiger partial charge in [0.2, 0.25) is 0 Å². The third-order valence-corrected chi connectivity index (χ3v) is 4.06. The zero-order chi connectivity index (χ0) is 18.6. The fraction of sp³-hybridized carbons (Fsp3) is 0.579. The van der Waals surface area contributed by atoms with E-state index in [-0.39, 0.29) is 5.97 Å². The maximum absolute atomic E-state index is 11.0. The van der Waals surface area contributed by atoms with E-state index in [9.17, 15) is 4.79 Å². The van der Waals surface area contributed by atoms with Crippen molar-refractivity contribution in [2.75, 3.05) is 39.2 Å². The van der Waals surface area contributed by atoms with Crippen LogP contribution in [0.1, 0.15) is 38.5 Å². The van der Waals surface area contributed by atoms with E-state index >= 15 is 0 Å². The van der Waals surface area contributed by atoms with Crippen molar-refractivity contribution >= 4 is 17.6 Å². The number of nitrogens with one attached hydrogen (secondary N) is 2. The Morgan fingerprint density at radius 1 is 1.15 bits per heavy atom. The molecule has 0 amide bonds. The molecule has 0 atom stereocenters. The number of ether oxygens (including phenoxy) is 3. The van der Waals surface area contributed by atoms with Gasteiger partial charge in [0.15, 0.2) is 17.5 Å². The monoisotopic (exact) mass is 363 g/mol. The Hall–Kier alpha value is -2.44. The lowest BCUT2D eigenvalue weighted by atomic mass is 10.1. The first-order valence-electron chi connectivity index (χ1n) is 9.17. The number of unbranched alkanes of at least 4 members (excludes halogenated alkanes) is 3. The van der Waals surface area contributed by atoms with Gasteiger partial charge in [-0.1, -0.05) is 12.8 Å². The molecule has 1 aliphatic rings. The van der Waals surface area contributed by atoms with E-state index in [1.165, 1.54) is 7.11 Å². The van der Waals surface area contributed by atoms with Gasteiger partial charge in [0, 0.05) is 38.2 Å². The molecule has 0 radical (unpaired) electrons. The minimum Gasteiger partial charge on any atom is -0.490 e. The quantitative estimate of drug-likeness (QED) is 0.320. The highest BCUT2D eigenvalue weighted by molar-refractivity contribution is 5.93. The van der Waals surface area contributed by atoms with Crippen LogP contribution in [0.4, 0.5) is 5.69 Å². The average Bonchev–Trinajstić information content (AvgIpc) is 2.90. The normalized spacial score (nSPS) is 13.7. The van der Waals surface area contributed by atoms with Gasteiger partial charge in [-0.05, 0) is 25.0 Å². The van der Waals surface area contributed by atoms with E-state index in [1.54, 1.807) is 7.05 Å². The number of anilines is 1. The van der Waals surface area contributed by atoms with Crippen molar-refractivity contribution in [1.29, 1.82) is 0 Å². The number of hydrogen-bond acceptors (Lipinski definition) is 5. The molecule has 1 aromatic rings. The maximum Gasteiger partial charge on any atom is 0.305 e. The number of nitrogens with zero attached hydrogens (tertiary/aromatic N) is 1. The largest absolute Gasteiger partial charge is 0.490 e. The summed E-state index contributed by atoms with van der Waals surface area (Å²) in [5.74, 6) is 2.12. The second-order valence-electron chi connectivity index (χ2n) is 6.08. The summed E-state index contributed by atoms with van der Waals surface area (Å²) < 4.78 is 16.0. The van der Waals surface area contributed by atoms with E-state index in [0.717, 1.165) is 55.8 Å². The van der Waals surface area contributed by atoms with Crippen molar-refractivity contribution in [3.8, 4) is 11.5 Å². The Balaban J connectivity index is 1.69. The molecule has 0 aliphatic carbocycles. The van der Waals surface area contributed by atoms with Crippen molar-refractivity contribution in [2.45, 2.75) is 38.5 Å². The molecular formula is C19H29N3O4. The molecule has 144 valence electrons. The van der Waals surface area contributed by atoms with E-state index < -0.39 is 0 Å². The molecule has 1 aromatic carbocycles. The van der Waals surface area contributed by atoms with Crippen LogP contribution in [0, 0.1) is 0 Å². The zero-order valence-corrected chi connectivity index (χ0v) is 15.7. The number of benzene rings is 1. The Bertz CT molecular complexity index is 604. The van der Waals surface area contributed by atoms with E-state index in [4.69, 9.17) is 9.47 Å². The van der Waals surface area contributed by atoms with Gasteiger partial charge < -0.3 is 24.8 Å². The first-order valence-corrected chi connectivity index (χ1v) is 9.17. The average molecular weight is 363 g/mol. The van der Waals surface area contributed by atoms with Crippen LogP contribution >= 0.6 is 0 Å². The highest BCUT2D eigenvalue weighted by Crippen LogP contribution is 2.32. The van der Waals surface area contributed by atoms with Crippen molar-refractivity contribution in [3.05, 3.63) is 18.2 Å². The van der Waals surface area contributed by atoms with E-state index in [1.807, 2.05) is 18.2 Å². The summed E-state index contributed by atoms with van der Waals surface area (Å²) >= 11 is 0. The van der Waals surface area contributed by atoms with Crippen LogP contribution in [-0.2, 0) is 9.53 Å². The third-order valence-electron chi connectivity index (χ3n) is 4.06. The molecule has 7 heteroatoms. The Morgan fingerprint density at radius 2 is 1.92 bits per heavy atom. The van der Waals surface area contributed by atoms with Gasteiger partial charge in [-0.2, -0.15) is 0 Å². The molecule has 0 unspecified atom stereocenters. The van der Waals surface area contributed by atoms with Gasteiger partial charge >= 0.3 is 5.97 Å². The molecule has 0 saturated heterocycles. The summed E-state index contributed by atoms with van der Waals surface area (Å²) in [6.45, 7) is 2.17. The minimum absolute atomic E-state index is 0.136. The summed E-state index contributed by atoms with van der Waals surface area (Å²) in [5, 5.41) is 6.56. The number of methoxy groups -OCH3 is 1. The van der Waals surface area contributed by atoms with Gasteiger partial charge in [-0.25, -0.2) is 0 Å². The van der Waals surface area contributed by atoms with Crippen molar-refractivity contribution < 1.29 is 19.0 Å². The van der Waals surface area contributed by atoms with Gasteiger partial charge in [0.25, 0.3) is 0 Å². The molecule has 0 aromatic heterocycles. The SMILES string of the molecule is CN=C(NCCCCCCC(=O)OC)Nc1ccc2c(c1)OCCCO2. The van der Waals surface area contributed by atoms with Crippen LogP contribution in [0.3, 0.4) is 0 Å². The van der Waals surface area contributed by atoms with Crippen molar-refractivity contribution in [3.63, 3.8) is 0 Å². The smallest absolute Gasteiger partial charge is 0.305 e. The first-order chi connectivity index (χ1) is 12.7. The number of aliphatic imine (C=N–C) groups is 1. The Morgan fingerprint density at radius 3 is 2.69 bits per heavy atom. The number of carbonyl (C=O) groups excluding carboxylic acids is 1.